The van der Waals surface area contributed by atoms with Crippen molar-refractivity contribution in [1.29, 1.82) is 0 Å². The lowest BCUT2D eigenvalue weighted by Gasteiger charge is -2.20. The van der Waals surface area contributed by atoms with Crippen LogP contribution < -0.4 is 5.73 Å². The number of hydrogen-bond donors (Lipinski definition) is 1. The maximum absolute atomic E-state index is 12.1. The molecule has 0 aliphatic heterocycles. The second-order valence-electron chi connectivity index (χ2n) is 3.72. The molecule has 0 radical (unpaired) electrons. The molecular weight excluding hydrogens is 200 g/mol. The zero-order valence-corrected chi connectivity index (χ0v) is 9.86. The Morgan fingerprint density at radius 1 is 1.56 bits per heavy atom. The van der Waals surface area contributed by atoms with E-state index in [-0.39, 0.29) is 5.91 Å². The molecule has 0 atom stereocenters. The van der Waals surface area contributed by atoms with Crippen molar-refractivity contribution in [2.24, 2.45) is 0 Å². The minimum atomic E-state index is -0.0383. The van der Waals surface area contributed by atoms with E-state index in [1.165, 1.54) is 0 Å². The number of amides is 1. The molecule has 0 unspecified atom stereocenters. The monoisotopic (exact) mass is 218 g/mol. The van der Waals surface area contributed by atoms with Crippen molar-refractivity contribution in [2.45, 2.75) is 13.8 Å². The first-order valence-corrected chi connectivity index (χ1v) is 5.36. The Morgan fingerprint density at radius 2 is 2.25 bits per heavy atom. The van der Waals surface area contributed by atoms with Crippen molar-refractivity contribution in [3.05, 3.63) is 42.0 Å². The largest absolute Gasteiger partial charge is 0.398 e. The Kier molecular flexibility index (Phi) is 4.11. The van der Waals surface area contributed by atoms with Gasteiger partial charge in [-0.05, 0) is 26.0 Å². The Labute approximate surface area is 96.6 Å². The van der Waals surface area contributed by atoms with Crippen LogP contribution in [-0.4, -0.2) is 23.9 Å². The first kappa shape index (κ1) is 12.3. The van der Waals surface area contributed by atoms with Crippen LogP contribution in [0, 0.1) is 6.92 Å². The lowest BCUT2D eigenvalue weighted by molar-refractivity contribution is 0.0783. The lowest BCUT2D eigenvalue weighted by Crippen LogP contribution is -2.31. The van der Waals surface area contributed by atoms with Gasteiger partial charge in [-0.25, -0.2) is 0 Å². The van der Waals surface area contributed by atoms with Crippen LogP contribution in [-0.2, 0) is 0 Å². The summed E-state index contributed by atoms with van der Waals surface area (Å²) in [5, 5.41) is 0. The van der Waals surface area contributed by atoms with E-state index >= 15 is 0 Å². The second kappa shape index (κ2) is 5.35. The summed E-state index contributed by atoms with van der Waals surface area (Å²) in [5.41, 5.74) is 7.94. The molecular formula is C13H18N2O. The molecule has 3 nitrogen and oxygen atoms in total. The van der Waals surface area contributed by atoms with Crippen molar-refractivity contribution >= 4 is 11.6 Å². The number of aryl methyl sites for hydroxylation is 1. The fraction of sp³-hybridized carbons (Fsp3) is 0.308. The van der Waals surface area contributed by atoms with Crippen molar-refractivity contribution < 1.29 is 4.79 Å². The zero-order valence-electron chi connectivity index (χ0n) is 9.86. The summed E-state index contributed by atoms with van der Waals surface area (Å²) in [5.74, 6) is -0.0383. The minimum absolute atomic E-state index is 0.0383. The number of nitrogens with two attached hydrogens (primary N) is 1. The second-order valence-corrected chi connectivity index (χ2v) is 3.72. The molecule has 0 heterocycles. The van der Waals surface area contributed by atoms with E-state index in [9.17, 15) is 4.79 Å². The molecule has 0 aliphatic rings. The summed E-state index contributed by atoms with van der Waals surface area (Å²) in [4.78, 5) is 13.8. The van der Waals surface area contributed by atoms with Crippen LogP contribution in [0.5, 0.6) is 0 Å². The normalized spacial score (nSPS) is 9.88. The number of hydrogen-bond acceptors (Lipinski definition) is 2. The van der Waals surface area contributed by atoms with E-state index in [0.29, 0.717) is 24.3 Å². The number of benzene rings is 1. The molecule has 1 aromatic rings. The van der Waals surface area contributed by atoms with Crippen molar-refractivity contribution in [3.63, 3.8) is 0 Å². The number of carbonyl (C=O) groups excluding carboxylic acids is 1. The average molecular weight is 218 g/mol. The van der Waals surface area contributed by atoms with E-state index in [0.717, 1.165) is 5.56 Å². The Morgan fingerprint density at radius 3 is 2.81 bits per heavy atom. The quantitative estimate of drug-likeness (QED) is 0.622. The van der Waals surface area contributed by atoms with E-state index in [1.807, 2.05) is 26.0 Å². The number of anilines is 1. The summed E-state index contributed by atoms with van der Waals surface area (Å²) in [6, 6.07) is 5.49. The lowest BCUT2D eigenvalue weighted by atomic mass is 10.1. The molecule has 0 aliphatic carbocycles. The summed E-state index contributed by atoms with van der Waals surface area (Å²) < 4.78 is 0. The SMILES string of the molecule is C=CCN(CC)C(=O)c1cc(C)ccc1N. The fourth-order valence-electron chi connectivity index (χ4n) is 1.54. The van der Waals surface area contributed by atoms with E-state index in [1.54, 1.807) is 17.0 Å². The molecule has 0 saturated carbocycles. The number of nitrogen functional groups attached to an aromatic ring is 1. The van der Waals surface area contributed by atoms with E-state index < -0.39 is 0 Å². The molecule has 0 spiro atoms. The summed E-state index contributed by atoms with van der Waals surface area (Å²) in [6.07, 6.45) is 1.72. The average Bonchev–Trinajstić information content (AvgIpc) is 2.28. The predicted octanol–water partition coefficient (Wildman–Crippen LogP) is 2.23. The van der Waals surface area contributed by atoms with Crippen LogP contribution in [0.1, 0.15) is 22.8 Å². The van der Waals surface area contributed by atoms with Gasteiger partial charge in [0.05, 0.1) is 5.56 Å². The Balaban J connectivity index is 3.02. The molecule has 0 aromatic heterocycles. The molecule has 16 heavy (non-hydrogen) atoms. The first-order valence-electron chi connectivity index (χ1n) is 5.36. The van der Waals surface area contributed by atoms with Gasteiger partial charge >= 0.3 is 0 Å². The predicted molar refractivity (Wildman–Crippen MR) is 67.4 cm³/mol. The molecule has 0 saturated heterocycles. The van der Waals surface area contributed by atoms with Gasteiger partial charge in [-0.2, -0.15) is 0 Å². The maximum Gasteiger partial charge on any atom is 0.256 e. The van der Waals surface area contributed by atoms with Gasteiger partial charge in [0, 0.05) is 18.8 Å². The van der Waals surface area contributed by atoms with Gasteiger partial charge in [0.15, 0.2) is 0 Å². The van der Waals surface area contributed by atoms with Crippen LogP contribution in [0.25, 0.3) is 0 Å². The smallest absolute Gasteiger partial charge is 0.256 e. The maximum atomic E-state index is 12.1. The third-order valence-electron chi connectivity index (χ3n) is 2.46. The molecule has 0 fully saturated rings. The molecule has 2 N–H and O–H groups in total. The molecule has 3 heteroatoms. The summed E-state index contributed by atoms with van der Waals surface area (Å²) in [6.45, 7) is 8.72. The zero-order chi connectivity index (χ0) is 12.1. The standard InChI is InChI=1S/C13H18N2O/c1-4-8-15(5-2)13(16)11-9-10(3)6-7-12(11)14/h4,6-7,9H,1,5,8,14H2,2-3H3. The van der Waals surface area contributed by atoms with Gasteiger partial charge in [-0.15, -0.1) is 6.58 Å². The molecule has 1 rings (SSSR count). The number of likely N-dealkylation sites (N-methyl/N-ethyl adjacent to an activating group) is 1. The summed E-state index contributed by atoms with van der Waals surface area (Å²) in [7, 11) is 0. The van der Waals surface area contributed by atoms with E-state index in [4.69, 9.17) is 5.73 Å². The fourth-order valence-corrected chi connectivity index (χ4v) is 1.54. The van der Waals surface area contributed by atoms with Gasteiger partial charge in [-0.1, -0.05) is 17.7 Å². The number of nitrogens with zero attached hydrogens (tertiary/aromatic N) is 1. The van der Waals surface area contributed by atoms with Gasteiger partial charge in [0.1, 0.15) is 0 Å². The van der Waals surface area contributed by atoms with Crippen LogP contribution >= 0.6 is 0 Å². The topological polar surface area (TPSA) is 46.3 Å². The Bertz CT molecular complexity index is 399. The van der Waals surface area contributed by atoms with E-state index in [2.05, 4.69) is 6.58 Å². The van der Waals surface area contributed by atoms with Crippen LogP contribution in [0.3, 0.4) is 0 Å². The van der Waals surface area contributed by atoms with Gasteiger partial charge in [-0.3, -0.25) is 4.79 Å². The van der Waals surface area contributed by atoms with Gasteiger partial charge in [0.25, 0.3) is 5.91 Å². The highest BCUT2D eigenvalue weighted by Gasteiger charge is 2.15. The highest BCUT2D eigenvalue weighted by molar-refractivity contribution is 5.99. The van der Waals surface area contributed by atoms with Crippen molar-refractivity contribution in [2.75, 3.05) is 18.8 Å². The highest BCUT2D eigenvalue weighted by Crippen LogP contribution is 2.16. The van der Waals surface area contributed by atoms with Crippen LogP contribution in [0.15, 0.2) is 30.9 Å². The molecule has 1 aromatic carbocycles. The van der Waals surface area contributed by atoms with Crippen molar-refractivity contribution in [3.8, 4) is 0 Å². The third-order valence-corrected chi connectivity index (χ3v) is 2.46. The third kappa shape index (κ3) is 2.63. The number of rotatable bonds is 4. The molecule has 1 amide bonds. The van der Waals surface area contributed by atoms with Gasteiger partial charge in [0.2, 0.25) is 0 Å². The minimum Gasteiger partial charge on any atom is -0.398 e. The van der Waals surface area contributed by atoms with Crippen molar-refractivity contribution in [1.82, 2.24) is 4.90 Å². The highest BCUT2D eigenvalue weighted by atomic mass is 16.2. The summed E-state index contributed by atoms with van der Waals surface area (Å²) >= 11 is 0. The van der Waals surface area contributed by atoms with Crippen LogP contribution in [0.2, 0.25) is 0 Å². The Hall–Kier alpha value is -1.77. The first-order chi connectivity index (χ1) is 7.60. The number of carbonyl (C=O) groups is 1. The van der Waals surface area contributed by atoms with Gasteiger partial charge < -0.3 is 10.6 Å². The molecule has 86 valence electrons. The van der Waals surface area contributed by atoms with Crippen LogP contribution in [0.4, 0.5) is 5.69 Å². The molecule has 0 bridgehead atoms.